The van der Waals surface area contributed by atoms with Gasteiger partial charge >= 0.3 is 0 Å². The number of unbranched alkanes of at least 4 members (excludes halogenated alkanes) is 2. The summed E-state index contributed by atoms with van der Waals surface area (Å²) >= 11 is 0. The molecule has 0 spiro atoms. The lowest BCUT2D eigenvalue weighted by Crippen LogP contribution is -2.43. The number of nitrogens with one attached hydrogen (secondary N) is 3. The molecule has 0 atom stereocenters. The molecule has 1 aromatic carbocycles. The fourth-order valence-corrected chi connectivity index (χ4v) is 2.95. The fourth-order valence-electron chi connectivity index (χ4n) is 2.95. The Balaban J connectivity index is 0.00000544. The Bertz CT molecular complexity index is 862. The highest BCUT2D eigenvalue weighted by Gasteiger charge is 2.13. The van der Waals surface area contributed by atoms with Crippen molar-refractivity contribution in [3.8, 4) is 17.1 Å². The Kier molecular flexibility index (Phi) is 12.8. The van der Waals surface area contributed by atoms with Crippen LogP contribution in [0.15, 0.2) is 33.8 Å². The van der Waals surface area contributed by atoms with Gasteiger partial charge in [-0.15, -0.1) is 24.0 Å². The second kappa shape index (κ2) is 14.7. The summed E-state index contributed by atoms with van der Waals surface area (Å²) in [5, 5.41) is 13.4. The predicted octanol–water partition coefficient (Wildman–Crippen LogP) is 3.55. The number of amides is 1. The summed E-state index contributed by atoms with van der Waals surface area (Å²) in [6.45, 7) is 9.45. The molecule has 0 aliphatic carbocycles. The van der Waals surface area contributed by atoms with Crippen LogP contribution >= 0.6 is 24.0 Å². The maximum absolute atomic E-state index is 11.9. The van der Waals surface area contributed by atoms with Crippen molar-refractivity contribution in [3.63, 3.8) is 0 Å². The lowest BCUT2D eigenvalue weighted by molar-refractivity contribution is -0.121. The molecule has 0 radical (unpaired) electrons. The van der Waals surface area contributed by atoms with Crippen molar-refractivity contribution in [1.29, 1.82) is 0 Å². The summed E-state index contributed by atoms with van der Waals surface area (Å²) < 4.78 is 10.5. The van der Waals surface area contributed by atoms with Crippen molar-refractivity contribution in [2.24, 2.45) is 4.99 Å². The zero-order valence-corrected chi connectivity index (χ0v) is 22.6. The van der Waals surface area contributed by atoms with E-state index in [1.54, 1.807) is 7.11 Å². The van der Waals surface area contributed by atoms with Gasteiger partial charge in [-0.2, -0.15) is 4.98 Å². The number of halogens is 1. The lowest BCUT2D eigenvalue weighted by atomic mass is 10.1. The molecule has 0 bridgehead atoms. The third kappa shape index (κ3) is 11.4. The van der Waals surface area contributed by atoms with Gasteiger partial charge in [0.25, 0.3) is 0 Å². The zero-order chi connectivity index (χ0) is 23.4. The van der Waals surface area contributed by atoms with Crippen molar-refractivity contribution in [2.45, 2.75) is 58.9 Å². The topological polar surface area (TPSA) is 114 Å². The van der Waals surface area contributed by atoms with Gasteiger partial charge in [-0.05, 0) is 64.8 Å². The van der Waals surface area contributed by atoms with Crippen molar-refractivity contribution in [3.05, 3.63) is 30.2 Å². The maximum atomic E-state index is 11.9. The molecule has 2 rings (SSSR count). The first-order chi connectivity index (χ1) is 15.3. The van der Waals surface area contributed by atoms with Crippen LogP contribution in [0.2, 0.25) is 0 Å². The molecule has 10 heteroatoms. The Labute approximate surface area is 213 Å². The smallest absolute Gasteiger partial charge is 0.242 e. The van der Waals surface area contributed by atoms with E-state index in [1.807, 2.05) is 52.0 Å². The van der Waals surface area contributed by atoms with Gasteiger partial charge in [0.05, 0.1) is 7.11 Å². The van der Waals surface area contributed by atoms with Gasteiger partial charge in [-0.3, -0.25) is 4.79 Å². The molecule has 0 saturated carbocycles. The van der Waals surface area contributed by atoms with Crippen molar-refractivity contribution in [2.75, 3.05) is 26.7 Å². The Hall–Kier alpha value is -2.37. The minimum atomic E-state index is -0.258. The van der Waals surface area contributed by atoms with Gasteiger partial charge in [0.15, 0.2) is 5.96 Å². The average molecular weight is 572 g/mol. The molecule has 9 nitrogen and oxygen atoms in total. The molecule has 0 aliphatic heterocycles. The van der Waals surface area contributed by atoms with Gasteiger partial charge in [0.2, 0.25) is 17.6 Å². The molecule has 0 aliphatic rings. The van der Waals surface area contributed by atoms with E-state index in [9.17, 15) is 4.79 Å². The molecule has 0 fully saturated rings. The summed E-state index contributed by atoms with van der Waals surface area (Å²) in [6.07, 6.45) is 3.67. The van der Waals surface area contributed by atoms with E-state index in [0.717, 1.165) is 50.1 Å². The summed E-state index contributed by atoms with van der Waals surface area (Å²) in [4.78, 5) is 20.8. The Morgan fingerprint density at radius 1 is 1.12 bits per heavy atom. The SMILES string of the molecule is CCNC(=NCC(=O)NC(C)(C)C)NCCCCCc1nc(-c2ccc(OC)cc2)no1.I. The van der Waals surface area contributed by atoms with Crippen molar-refractivity contribution >= 4 is 35.8 Å². The van der Waals surface area contributed by atoms with Crippen LogP contribution in [0.25, 0.3) is 11.4 Å². The molecule has 1 aromatic heterocycles. The number of carbonyl (C=O) groups excluding carboxylic acids is 1. The Morgan fingerprint density at radius 3 is 2.48 bits per heavy atom. The number of nitrogens with zero attached hydrogens (tertiary/aromatic N) is 3. The number of rotatable bonds is 11. The Morgan fingerprint density at radius 2 is 1.85 bits per heavy atom. The second-order valence-electron chi connectivity index (χ2n) is 8.47. The van der Waals surface area contributed by atoms with E-state index in [-0.39, 0.29) is 42.0 Å². The maximum Gasteiger partial charge on any atom is 0.242 e. The van der Waals surface area contributed by atoms with Crippen LogP contribution < -0.4 is 20.7 Å². The molecule has 1 heterocycles. The van der Waals surface area contributed by atoms with Crippen LogP contribution in [0, 0.1) is 0 Å². The summed E-state index contributed by atoms with van der Waals surface area (Å²) in [5.74, 6) is 2.58. The van der Waals surface area contributed by atoms with Gasteiger partial charge < -0.3 is 25.2 Å². The molecule has 2 aromatic rings. The van der Waals surface area contributed by atoms with Crippen LogP contribution in [-0.2, 0) is 11.2 Å². The van der Waals surface area contributed by atoms with E-state index in [1.165, 1.54) is 0 Å². The standard InChI is InChI=1S/C23H36N6O3.HI/c1-6-24-22(26-16-19(30)28-23(2,3)4)25-15-9-7-8-10-20-27-21(29-32-20)17-11-13-18(31-5)14-12-17;/h11-14H,6-10,15-16H2,1-5H3,(H,28,30)(H2,24,25,26);1H. The monoisotopic (exact) mass is 572 g/mol. The quantitative estimate of drug-likeness (QED) is 0.163. The number of ether oxygens (including phenoxy) is 1. The van der Waals surface area contributed by atoms with E-state index in [0.29, 0.717) is 17.7 Å². The van der Waals surface area contributed by atoms with Gasteiger partial charge in [-0.1, -0.05) is 11.6 Å². The van der Waals surface area contributed by atoms with Gasteiger partial charge in [0.1, 0.15) is 12.3 Å². The van der Waals surface area contributed by atoms with Gasteiger partial charge in [-0.25, -0.2) is 4.99 Å². The van der Waals surface area contributed by atoms with Crippen LogP contribution in [0.5, 0.6) is 5.75 Å². The van der Waals surface area contributed by atoms with E-state index < -0.39 is 0 Å². The predicted molar refractivity (Wildman–Crippen MR) is 141 cm³/mol. The normalized spacial score (nSPS) is 11.5. The van der Waals surface area contributed by atoms with Crippen molar-refractivity contribution < 1.29 is 14.1 Å². The minimum absolute atomic E-state index is 0. The number of aryl methyl sites for hydroxylation is 1. The number of methoxy groups -OCH3 is 1. The van der Waals surface area contributed by atoms with Crippen LogP contribution in [0.3, 0.4) is 0 Å². The highest BCUT2D eigenvalue weighted by Crippen LogP contribution is 2.20. The highest BCUT2D eigenvalue weighted by molar-refractivity contribution is 14.0. The molecule has 0 unspecified atom stereocenters. The molecule has 1 amide bonds. The lowest BCUT2D eigenvalue weighted by Gasteiger charge is -2.20. The van der Waals surface area contributed by atoms with Crippen molar-refractivity contribution in [1.82, 2.24) is 26.1 Å². The van der Waals surface area contributed by atoms with E-state index in [4.69, 9.17) is 9.26 Å². The summed E-state index contributed by atoms with van der Waals surface area (Å²) in [5.41, 5.74) is 0.642. The molecule has 33 heavy (non-hydrogen) atoms. The third-order valence-corrected chi connectivity index (χ3v) is 4.42. The first-order valence-electron chi connectivity index (χ1n) is 11.1. The van der Waals surface area contributed by atoms with Crippen LogP contribution in [-0.4, -0.2) is 54.3 Å². The third-order valence-electron chi connectivity index (χ3n) is 4.42. The molecular formula is C23H37IN6O3. The number of aromatic nitrogens is 2. The van der Waals surface area contributed by atoms with E-state index in [2.05, 4.69) is 31.1 Å². The summed E-state index contributed by atoms with van der Waals surface area (Å²) in [6, 6.07) is 7.57. The average Bonchev–Trinajstić information content (AvgIpc) is 3.22. The highest BCUT2D eigenvalue weighted by atomic mass is 127. The first-order valence-corrected chi connectivity index (χ1v) is 11.1. The molecule has 184 valence electrons. The van der Waals surface area contributed by atoms with Crippen LogP contribution in [0.4, 0.5) is 0 Å². The number of hydrogen-bond donors (Lipinski definition) is 3. The number of hydrogen-bond acceptors (Lipinski definition) is 6. The molecule has 0 saturated heterocycles. The second-order valence-corrected chi connectivity index (χ2v) is 8.47. The van der Waals surface area contributed by atoms with Crippen LogP contribution in [0.1, 0.15) is 52.8 Å². The fraction of sp³-hybridized carbons (Fsp3) is 0.565. The van der Waals surface area contributed by atoms with E-state index >= 15 is 0 Å². The zero-order valence-electron chi connectivity index (χ0n) is 20.2. The molecule has 3 N–H and O–H groups in total. The largest absolute Gasteiger partial charge is 0.497 e. The summed E-state index contributed by atoms with van der Waals surface area (Å²) in [7, 11) is 1.64. The van der Waals surface area contributed by atoms with Gasteiger partial charge in [0, 0.05) is 30.6 Å². The number of aliphatic imine (C=N–C) groups is 1. The number of guanidine groups is 1. The first kappa shape index (κ1) is 28.7. The minimum Gasteiger partial charge on any atom is -0.497 e. The number of carbonyl (C=O) groups is 1. The number of benzene rings is 1. The molecular weight excluding hydrogens is 535 g/mol.